The zero-order valence-corrected chi connectivity index (χ0v) is 18.3. The van der Waals surface area contributed by atoms with Crippen LogP contribution in [-0.2, 0) is 0 Å². The van der Waals surface area contributed by atoms with Crippen LogP contribution < -0.4 is 10.9 Å². The maximum atomic E-state index is 12.8. The summed E-state index contributed by atoms with van der Waals surface area (Å²) in [6.45, 7) is 2.05. The molecule has 0 spiro atoms. The SMILES string of the molecule is Cc1cc(SN(C)C)ccc1Nc1ncc2cc(Cl)c(=O)n(C3CCCC3)c2n1. The van der Waals surface area contributed by atoms with Crippen molar-refractivity contribution in [3.8, 4) is 0 Å². The number of hydrogen-bond acceptors (Lipinski definition) is 6. The molecule has 8 heteroatoms. The lowest BCUT2D eigenvalue weighted by Gasteiger charge is -2.17. The number of aromatic nitrogens is 3. The molecule has 2 heterocycles. The van der Waals surface area contributed by atoms with Gasteiger partial charge in [0.15, 0.2) is 0 Å². The molecule has 4 rings (SSSR count). The highest BCUT2D eigenvalue weighted by atomic mass is 35.5. The van der Waals surface area contributed by atoms with Crippen molar-refractivity contribution in [3.63, 3.8) is 0 Å². The predicted molar refractivity (Wildman–Crippen MR) is 120 cm³/mol. The summed E-state index contributed by atoms with van der Waals surface area (Å²) in [5.74, 6) is 0.474. The van der Waals surface area contributed by atoms with Crippen molar-refractivity contribution in [2.75, 3.05) is 19.4 Å². The fourth-order valence-electron chi connectivity index (χ4n) is 3.81. The summed E-state index contributed by atoms with van der Waals surface area (Å²) in [7, 11) is 4.04. The molecule has 0 bridgehead atoms. The molecule has 0 unspecified atom stereocenters. The Hall–Kier alpha value is -2.09. The maximum absolute atomic E-state index is 12.8. The monoisotopic (exact) mass is 429 g/mol. The number of rotatable bonds is 5. The Labute approximate surface area is 179 Å². The standard InChI is InChI=1S/C21H24ClN5OS/c1-13-10-16(29-26(2)3)8-9-18(13)24-21-23-12-14-11-17(22)20(28)27(19(14)25-21)15-6-4-5-7-15/h8-12,15H,4-7H2,1-3H3,(H,23,24,25). The second kappa shape index (κ2) is 8.34. The summed E-state index contributed by atoms with van der Waals surface area (Å²) >= 11 is 7.87. The maximum Gasteiger partial charge on any atom is 0.271 e. The highest BCUT2D eigenvalue weighted by Gasteiger charge is 2.22. The second-order valence-corrected chi connectivity index (χ2v) is 9.38. The molecule has 152 valence electrons. The number of benzene rings is 1. The van der Waals surface area contributed by atoms with Crippen molar-refractivity contribution in [1.82, 2.24) is 18.8 Å². The Bertz CT molecular complexity index is 1110. The van der Waals surface area contributed by atoms with Gasteiger partial charge in [-0.15, -0.1) is 0 Å². The molecule has 29 heavy (non-hydrogen) atoms. The van der Waals surface area contributed by atoms with Crippen LogP contribution in [-0.4, -0.2) is 32.9 Å². The number of aryl methyl sites for hydroxylation is 1. The van der Waals surface area contributed by atoms with Gasteiger partial charge in [0.05, 0.1) is 0 Å². The number of nitrogens with zero attached hydrogens (tertiary/aromatic N) is 4. The molecular weight excluding hydrogens is 406 g/mol. The van der Waals surface area contributed by atoms with Crippen LogP contribution >= 0.6 is 23.5 Å². The van der Waals surface area contributed by atoms with E-state index >= 15 is 0 Å². The first kappa shape index (κ1) is 20.2. The molecule has 1 fully saturated rings. The lowest BCUT2D eigenvalue weighted by Crippen LogP contribution is -2.25. The second-order valence-electron chi connectivity index (χ2n) is 7.58. The van der Waals surface area contributed by atoms with Crippen molar-refractivity contribution in [2.24, 2.45) is 0 Å². The van der Waals surface area contributed by atoms with E-state index in [-0.39, 0.29) is 16.6 Å². The van der Waals surface area contributed by atoms with E-state index in [9.17, 15) is 4.79 Å². The molecule has 0 atom stereocenters. The molecule has 3 aromatic rings. The minimum absolute atomic E-state index is 0.149. The number of nitrogens with one attached hydrogen (secondary N) is 1. The van der Waals surface area contributed by atoms with E-state index in [0.29, 0.717) is 11.6 Å². The third-order valence-electron chi connectivity index (χ3n) is 5.15. The lowest BCUT2D eigenvalue weighted by molar-refractivity contribution is 0.516. The molecule has 0 aliphatic heterocycles. The fourth-order valence-corrected chi connectivity index (χ4v) is 4.80. The first-order valence-corrected chi connectivity index (χ1v) is 10.9. The third kappa shape index (κ3) is 4.27. The molecule has 1 N–H and O–H groups in total. The van der Waals surface area contributed by atoms with Crippen molar-refractivity contribution < 1.29 is 0 Å². The molecule has 0 amide bonds. The minimum atomic E-state index is -0.169. The van der Waals surface area contributed by atoms with Gasteiger partial charge in [-0.25, -0.2) is 4.98 Å². The van der Waals surface area contributed by atoms with Gasteiger partial charge in [0.1, 0.15) is 10.7 Å². The predicted octanol–water partition coefficient (Wildman–Crippen LogP) is 5.18. The van der Waals surface area contributed by atoms with Crippen LogP contribution in [0.4, 0.5) is 11.6 Å². The Morgan fingerprint density at radius 2 is 2.00 bits per heavy atom. The van der Waals surface area contributed by atoms with Crippen LogP contribution in [0.25, 0.3) is 11.0 Å². The zero-order valence-electron chi connectivity index (χ0n) is 16.8. The van der Waals surface area contributed by atoms with Crippen LogP contribution in [0.15, 0.2) is 40.2 Å². The van der Waals surface area contributed by atoms with E-state index in [2.05, 4.69) is 33.7 Å². The van der Waals surface area contributed by atoms with Crippen LogP contribution in [0.3, 0.4) is 0 Å². The summed E-state index contributed by atoms with van der Waals surface area (Å²) < 4.78 is 3.82. The van der Waals surface area contributed by atoms with Crippen LogP contribution in [0, 0.1) is 6.92 Å². The first-order valence-electron chi connectivity index (χ1n) is 9.73. The summed E-state index contributed by atoms with van der Waals surface area (Å²) in [6.07, 6.45) is 5.93. The molecule has 0 saturated heterocycles. The van der Waals surface area contributed by atoms with Gasteiger partial charge >= 0.3 is 0 Å². The molecule has 6 nitrogen and oxygen atoms in total. The first-order chi connectivity index (χ1) is 13.9. The van der Waals surface area contributed by atoms with Crippen molar-refractivity contribution in [1.29, 1.82) is 0 Å². The van der Waals surface area contributed by atoms with E-state index in [1.54, 1.807) is 28.8 Å². The third-order valence-corrected chi connectivity index (χ3v) is 6.25. The fraction of sp³-hybridized carbons (Fsp3) is 0.381. The number of hydrogen-bond donors (Lipinski definition) is 1. The van der Waals surface area contributed by atoms with Crippen LogP contribution in [0.2, 0.25) is 5.02 Å². The zero-order chi connectivity index (χ0) is 20.5. The van der Waals surface area contributed by atoms with Crippen molar-refractivity contribution in [3.05, 3.63) is 51.4 Å². The largest absolute Gasteiger partial charge is 0.324 e. The summed E-state index contributed by atoms with van der Waals surface area (Å²) in [6, 6.07) is 8.03. The van der Waals surface area contributed by atoms with E-state index in [4.69, 9.17) is 16.6 Å². The Morgan fingerprint density at radius 3 is 2.69 bits per heavy atom. The van der Waals surface area contributed by atoms with Gasteiger partial charge in [-0.1, -0.05) is 24.4 Å². The van der Waals surface area contributed by atoms with Crippen molar-refractivity contribution in [2.45, 2.75) is 43.5 Å². The number of halogens is 1. The molecule has 1 aromatic carbocycles. The Balaban J connectivity index is 1.71. The Morgan fingerprint density at radius 1 is 1.24 bits per heavy atom. The van der Waals surface area contributed by atoms with Crippen LogP contribution in [0.5, 0.6) is 0 Å². The lowest BCUT2D eigenvalue weighted by atomic mass is 10.2. The minimum Gasteiger partial charge on any atom is -0.324 e. The Kier molecular flexibility index (Phi) is 5.81. The van der Waals surface area contributed by atoms with Crippen LogP contribution in [0.1, 0.15) is 37.3 Å². The molecule has 0 radical (unpaired) electrons. The molecule has 1 aliphatic rings. The van der Waals surface area contributed by atoms with Gasteiger partial charge in [0.25, 0.3) is 5.56 Å². The van der Waals surface area contributed by atoms with Gasteiger partial charge in [-0.05, 0) is 75.6 Å². The van der Waals surface area contributed by atoms with Gasteiger partial charge in [-0.3, -0.25) is 13.7 Å². The van der Waals surface area contributed by atoms with Crippen molar-refractivity contribution >= 4 is 46.2 Å². The van der Waals surface area contributed by atoms with Gasteiger partial charge in [0.2, 0.25) is 5.95 Å². The molecule has 2 aromatic heterocycles. The number of fused-ring (bicyclic) bond motifs is 1. The quantitative estimate of drug-likeness (QED) is 0.564. The smallest absolute Gasteiger partial charge is 0.271 e. The van der Waals surface area contributed by atoms with Gasteiger partial charge in [-0.2, -0.15) is 4.98 Å². The highest BCUT2D eigenvalue weighted by molar-refractivity contribution is 7.97. The average molecular weight is 430 g/mol. The van der Waals surface area contributed by atoms with Gasteiger partial charge < -0.3 is 5.32 Å². The average Bonchev–Trinajstić information content (AvgIpc) is 3.19. The van der Waals surface area contributed by atoms with Gasteiger partial charge in [0, 0.05) is 28.2 Å². The number of pyridine rings is 1. The van der Waals surface area contributed by atoms with E-state index < -0.39 is 0 Å². The molecular formula is C21H24ClN5OS. The van der Waals surface area contributed by atoms with E-state index in [0.717, 1.165) is 42.3 Å². The summed E-state index contributed by atoms with van der Waals surface area (Å²) in [5, 5.41) is 4.30. The summed E-state index contributed by atoms with van der Waals surface area (Å²) in [4.78, 5) is 23.1. The molecule has 1 saturated carbocycles. The highest BCUT2D eigenvalue weighted by Crippen LogP contribution is 2.32. The molecule has 1 aliphatic carbocycles. The normalized spacial score (nSPS) is 14.8. The number of anilines is 2. The topological polar surface area (TPSA) is 63.1 Å². The van der Waals surface area contributed by atoms with E-state index in [1.807, 2.05) is 20.2 Å². The van der Waals surface area contributed by atoms with E-state index in [1.165, 1.54) is 4.90 Å². The summed E-state index contributed by atoms with van der Waals surface area (Å²) in [5.41, 5.74) is 2.51.